The lowest BCUT2D eigenvalue weighted by Crippen LogP contribution is -2.43. The Labute approximate surface area is 288 Å². The number of fused-ring (bicyclic) bond motifs is 9. The van der Waals surface area contributed by atoms with Gasteiger partial charge in [0.25, 0.3) is 0 Å². The molecule has 4 aromatic heterocycles. The summed E-state index contributed by atoms with van der Waals surface area (Å²) >= 11 is 0. The average Bonchev–Trinajstić information content (AvgIpc) is 3.84. The highest BCUT2D eigenvalue weighted by Crippen LogP contribution is 2.55. The Morgan fingerprint density at radius 1 is 0.560 bits per heavy atom. The number of imidazole rings is 1. The molecule has 0 aliphatic heterocycles. The summed E-state index contributed by atoms with van der Waals surface area (Å²) in [4.78, 5) is 10.6. The van der Waals surface area contributed by atoms with E-state index in [0.717, 1.165) is 94.7 Å². The van der Waals surface area contributed by atoms with Crippen molar-refractivity contribution in [2.45, 2.75) is 38.5 Å². The fraction of sp³-hybridized carbons (Fsp3) is 0.136. The molecular weight excluding hydrogens is 619 g/mol. The van der Waals surface area contributed by atoms with Crippen molar-refractivity contribution in [3.05, 3.63) is 133 Å². The molecule has 0 radical (unpaired) electrons. The third-order valence-electron chi connectivity index (χ3n) is 11.3. The summed E-state index contributed by atoms with van der Waals surface area (Å²) in [6.07, 6.45) is 2.05. The van der Waals surface area contributed by atoms with E-state index >= 15 is 0 Å². The summed E-state index contributed by atoms with van der Waals surface area (Å²) in [6.45, 7) is 9.01. The van der Waals surface area contributed by atoms with E-state index in [-0.39, 0.29) is 16.6 Å². The van der Waals surface area contributed by atoms with Crippen LogP contribution in [0.2, 0.25) is 0 Å². The zero-order valence-corrected chi connectivity index (χ0v) is 28.2. The van der Waals surface area contributed by atoms with Gasteiger partial charge in [-0.1, -0.05) is 82.3 Å². The number of rotatable bonds is 3. The Hall–Kier alpha value is -6.14. The third kappa shape index (κ3) is 3.90. The zero-order valence-electron chi connectivity index (χ0n) is 28.2. The van der Waals surface area contributed by atoms with E-state index in [0.29, 0.717) is 0 Å². The van der Waals surface area contributed by atoms with Crippen LogP contribution in [0, 0.1) is 0 Å². The summed E-state index contributed by atoms with van der Waals surface area (Å²) in [5.41, 5.74) is 10.0. The van der Waals surface area contributed by atoms with Crippen LogP contribution in [-0.4, -0.2) is 19.6 Å². The van der Waals surface area contributed by atoms with Crippen molar-refractivity contribution in [1.29, 1.82) is 0 Å². The maximum absolute atomic E-state index is 11.2. The number of phenols is 1. The first-order valence-electron chi connectivity index (χ1n) is 17.0. The number of pyridine rings is 1. The van der Waals surface area contributed by atoms with Crippen LogP contribution in [0.25, 0.3) is 83.6 Å². The molecule has 10 rings (SSSR count). The normalized spacial score (nSPS) is 14.8. The molecule has 5 aromatic carbocycles. The van der Waals surface area contributed by atoms with Gasteiger partial charge in [0.05, 0.1) is 17.1 Å². The second-order valence-corrected chi connectivity index (χ2v) is 14.4. The topological polar surface area (TPSA) is 77.2 Å². The Bertz CT molecular complexity index is 2850. The van der Waals surface area contributed by atoms with Crippen molar-refractivity contribution < 1.29 is 13.9 Å². The van der Waals surface area contributed by atoms with Gasteiger partial charge >= 0.3 is 0 Å². The van der Waals surface area contributed by atoms with E-state index in [1.807, 2.05) is 48.5 Å². The van der Waals surface area contributed by atoms with Crippen LogP contribution in [0.3, 0.4) is 0 Å². The maximum Gasteiger partial charge on any atom is 0.145 e. The second-order valence-electron chi connectivity index (χ2n) is 14.4. The number of benzene rings is 5. The van der Waals surface area contributed by atoms with Crippen molar-refractivity contribution in [2.75, 3.05) is 0 Å². The number of hydrogen-bond acceptors (Lipinski definition) is 5. The number of hydrogen-bond donors (Lipinski definition) is 1. The van der Waals surface area contributed by atoms with Gasteiger partial charge < -0.3 is 13.9 Å². The fourth-order valence-electron chi connectivity index (χ4n) is 7.91. The SMILES string of the molecule is CC1(C)c2ccc(-c3cn(-c4ccc5c(c4)oc4ccccc45)c(-c4ccc5oc6ccccc6c5c4)n3)nc2-c2c(O)cccc2C1(C)C. The molecule has 0 spiro atoms. The number of para-hydroxylation sites is 2. The molecule has 0 saturated heterocycles. The number of aromatic nitrogens is 3. The predicted molar refractivity (Wildman–Crippen MR) is 200 cm³/mol. The monoisotopic (exact) mass is 651 g/mol. The molecule has 1 aliphatic rings. The predicted octanol–water partition coefficient (Wildman–Crippen LogP) is 11.3. The van der Waals surface area contributed by atoms with Crippen LogP contribution in [0.1, 0.15) is 38.8 Å². The minimum absolute atomic E-state index is 0.225. The van der Waals surface area contributed by atoms with Gasteiger partial charge in [0.2, 0.25) is 0 Å². The molecule has 0 amide bonds. The smallest absolute Gasteiger partial charge is 0.145 e. The average molecular weight is 652 g/mol. The number of furan rings is 2. The highest BCUT2D eigenvalue weighted by atomic mass is 16.3. The number of nitrogens with zero attached hydrogens (tertiary/aromatic N) is 3. The van der Waals surface area contributed by atoms with E-state index in [4.69, 9.17) is 18.8 Å². The van der Waals surface area contributed by atoms with Crippen LogP contribution < -0.4 is 0 Å². The molecule has 0 saturated carbocycles. The molecule has 0 atom stereocenters. The Kier molecular flexibility index (Phi) is 5.74. The van der Waals surface area contributed by atoms with Crippen molar-refractivity contribution in [1.82, 2.24) is 14.5 Å². The van der Waals surface area contributed by atoms with Gasteiger partial charge in [-0.3, -0.25) is 4.57 Å². The molecule has 9 aromatic rings. The molecule has 0 bridgehead atoms. The van der Waals surface area contributed by atoms with Crippen LogP contribution in [-0.2, 0) is 10.8 Å². The number of aromatic hydroxyl groups is 1. The number of phenolic OH excluding ortho intramolecular Hbond substituents is 1. The van der Waals surface area contributed by atoms with Gasteiger partial charge in [-0.05, 0) is 71.1 Å². The van der Waals surface area contributed by atoms with Gasteiger partial charge in [-0.25, -0.2) is 9.97 Å². The van der Waals surface area contributed by atoms with Crippen LogP contribution in [0.15, 0.2) is 130 Å². The maximum atomic E-state index is 11.2. The van der Waals surface area contributed by atoms with E-state index < -0.39 is 0 Å². The van der Waals surface area contributed by atoms with E-state index in [1.165, 1.54) is 0 Å². The van der Waals surface area contributed by atoms with E-state index in [9.17, 15) is 5.11 Å². The van der Waals surface area contributed by atoms with Crippen molar-refractivity contribution in [2.24, 2.45) is 0 Å². The third-order valence-corrected chi connectivity index (χ3v) is 11.3. The summed E-state index contributed by atoms with van der Waals surface area (Å²) in [6, 6.07) is 38.8. The Morgan fingerprint density at radius 3 is 2.04 bits per heavy atom. The quantitative estimate of drug-likeness (QED) is 0.206. The fourth-order valence-corrected chi connectivity index (χ4v) is 7.91. The van der Waals surface area contributed by atoms with Crippen molar-refractivity contribution in [3.8, 4) is 45.5 Å². The van der Waals surface area contributed by atoms with E-state index in [2.05, 4.69) is 99.1 Å². The summed E-state index contributed by atoms with van der Waals surface area (Å²) < 4.78 is 14.6. The van der Waals surface area contributed by atoms with Crippen LogP contribution >= 0.6 is 0 Å². The van der Waals surface area contributed by atoms with Crippen molar-refractivity contribution >= 4 is 43.9 Å². The Balaban J connectivity index is 1.20. The molecule has 242 valence electrons. The molecule has 0 unspecified atom stereocenters. The van der Waals surface area contributed by atoms with Gasteiger partial charge in [0.15, 0.2) is 0 Å². The molecule has 0 fully saturated rings. The summed E-state index contributed by atoms with van der Waals surface area (Å²) in [5.74, 6) is 1.01. The second kappa shape index (κ2) is 9.95. The minimum Gasteiger partial charge on any atom is -0.507 e. The van der Waals surface area contributed by atoms with Gasteiger partial charge in [-0.15, -0.1) is 0 Å². The van der Waals surface area contributed by atoms with Gasteiger partial charge in [0.1, 0.15) is 39.6 Å². The lowest BCUT2D eigenvalue weighted by Gasteiger charge is -2.47. The van der Waals surface area contributed by atoms with Crippen molar-refractivity contribution in [3.63, 3.8) is 0 Å². The molecular formula is C44H33N3O3. The molecule has 1 aliphatic carbocycles. The first-order valence-corrected chi connectivity index (χ1v) is 17.0. The first-order chi connectivity index (χ1) is 24.2. The van der Waals surface area contributed by atoms with E-state index in [1.54, 1.807) is 6.07 Å². The summed E-state index contributed by atoms with van der Waals surface area (Å²) in [7, 11) is 0. The highest BCUT2D eigenvalue weighted by molar-refractivity contribution is 6.07. The molecule has 4 heterocycles. The standard InChI is InChI=1S/C44H33N3O3/c1-43(2)31-12-9-13-35(48)40(31)41-32(44(43,3)4)19-20-33(45-41)34-24-47(26-17-18-29-27-10-5-7-14-36(27)50-39(29)23-26)42(46-34)25-16-21-38-30(22-25)28-11-6-8-15-37(28)49-38/h5-24,48H,1-4H3. The zero-order chi connectivity index (χ0) is 33.9. The highest BCUT2D eigenvalue weighted by Gasteiger charge is 2.47. The lowest BCUT2D eigenvalue weighted by molar-refractivity contribution is 0.296. The van der Waals surface area contributed by atoms with Gasteiger partial charge in [0, 0.05) is 50.4 Å². The van der Waals surface area contributed by atoms with Crippen LogP contribution in [0.5, 0.6) is 5.75 Å². The largest absolute Gasteiger partial charge is 0.507 e. The lowest BCUT2D eigenvalue weighted by atomic mass is 9.56. The molecule has 6 nitrogen and oxygen atoms in total. The first kappa shape index (κ1) is 28.8. The Morgan fingerprint density at radius 2 is 1.24 bits per heavy atom. The summed E-state index contributed by atoms with van der Waals surface area (Å²) in [5, 5.41) is 15.5. The van der Waals surface area contributed by atoms with Gasteiger partial charge in [-0.2, -0.15) is 0 Å². The molecule has 1 N–H and O–H groups in total. The minimum atomic E-state index is -0.232. The molecule has 6 heteroatoms. The molecule has 50 heavy (non-hydrogen) atoms. The van der Waals surface area contributed by atoms with Crippen LogP contribution in [0.4, 0.5) is 0 Å².